The van der Waals surface area contributed by atoms with Crippen LogP contribution in [0.1, 0.15) is 43.3 Å². The smallest absolute Gasteiger partial charge is 0.232 e. The highest BCUT2D eigenvalue weighted by Crippen LogP contribution is 2.28. The molecule has 22 heavy (non-hydrogen) atoms. The molecular formula is C16H22N4OS. The Morgan fingerprint density at radius 3 is 2.68 bits per heavy atom. The second-order valence-electron chi connectivity index (χ2n) is 6.43. The predicted octanol–water partition coefficient (Wildman–Crippen LogP) is 3.62. The lowest BCUT2D eigenvalue weighted by Gasteiger charge is -2.23. The number of anilines is 1. The summed E-state index contributed by atoms with van der Waals surface area (Å²) in [5.41, 5.74) is 0.0915. The van der Waals surface area contributed by atoms with Crippen LogP contribution in [-0.2, 0) is 5.41 Å². The van der Waals surface area contributed by atoms with Crippen LogP contribution in [0, 0.1) is 11.3 Å². The van der Waals surface area contributed by atoms with Crippen molar-refractivity contribution in [3.05, 3.63) is 34.0 Å². The van der Waals surface area contributed by atoms with E-state index >= 15 is 0 Å². The third kappa shape index (κ3) is 3.67. The van der Waals surface area contributed by atoms with Crippen molar-refractivity contribution < 1.29 is 4.42 Å². The zero-order chi connectivity index (χ0) is 16.3. The van der Waals surface area contributed by atoms with Crippen molar-refractivity contribution in [2.45, 2.75) is 32.2 Å². The van der Waals surface area contributed by atoms with E-state index in [1.54, 1.807) is 11.3 Å². The van der Waals surface area contributed by atoms with Crippen molar-refractivity contribution in [1.29, 1.82) is 5.26 Å². The lowest BCUT2D eigenvalue weighted by molar-refractivity contribution is 0.313. The van der Waals surface area contributed by atoms with E-state index in [1.165, 1.54) is 4.88 Å². The van der Waals surface area contributed by atoms with Crippen LogP contribution in [-0.4, -0.2) is 30.5 Å². The van der Waals surface area contributed by atoms with E-state index in [4.69, 9.17) is 4.42 Å². The maximum absolute atomic E-state index is 9.24. The van der Waals surface area contributed by atoms with Crippen LogP contribution in [0.15, 0.2) is 21.9 Å². The van der Waals surface area contributed by atoms with Crippen LogP contribution in [0.2, 0.25) is 0 Å². The SMILES string of the molecule is CN(C)[C@H](CNc1oc(C(C)(C)C)nc1C#N)c1cccs1. The highest BCUT2D eigenvalue weighted by atomic mass is 32.1. The molecular weight excluding hydrogens is 296 g/mol. The minimum Gasteiger partial charge on any atom is -0.423 e. The van der Waals surface area contributed by atoms with Gasteiger partial charge in [0.05, 0.1) is 6.04 Å². The fraction of sp³-hybridized carbons (Fsp3) is 0.500. The number of hydrogen-bond acceptors (Lipinski definition) is 6. The van der Waals surface area contributed by atoms with Gasteiger partial charge in [-0.2, -0.15) is 10.2 Å². The fourth-order valence-corrected chi connectivity index (χ4v) is 2.97. The molecule has 0 unspecified atom stereocenters. The molecule has 6 heteroatoms. The van der Waals surface area contributed by atoms with Gasteiger partial charge in [-0.05, 0) is 25.5 Å². The van der Waals surface area contributed by atoms with Gasteiger partial charge in [0.1, 0.15) is 6.07 Å². The first-order valence-corrected chi connectivity index (χ1v) is 8.06. The first-order valence-electron chi connectivity index (χ1n) is 7.18. The summed E-state index contributed by atoms with van der Waals surface area (Å²) in [6.07, 6.45) is 0. The first kappa shape index (κ1) is 16.5. The Hall–Kier alpha value is -1.84. The Morgan fingerprint density at radius 2 is 2.18 bits per heavy atom. The molecule has 0 aliphatic heterocycles. The summed E-state index contributed by atoms with van der Waals surface area (Å²) in [6, 6.07) is 6.47. The summed E-state index contributed by atoms with van der Waals surface area (Å²) in [5.74, 6) is 1.03. The molecule has 1 N–H and O–H groups in total. The maximum atomic E-state index is 9.24. The van der Waals surface area contributed by atoms with Gasteiger partial charge in [-0.15, -0.1) is 11.3 Å². The van der Waals surface area contributed by atoms with Crippen LogP contribution in [0.5, 0.6) is 0 Å². The Kier molecular flexibility index (Phi) is 4.89. The second kappa shape index (κ2) is 6.51. The van der Waals surface area contributed by atoms with Gasteiger partial charge in [-0.1, -0.05) is 26.8 Å². The van der Waals surface area contributed by atoms with E-state index in [0.29, 0.717) is 24.0 Å². The number of oxazole rings is 1. The Morgan fingerprint density at radius 1 is 1.45 bits per heavy atom. The lowest BCUT2D eigenvalue weighted by atomic mass is 9.97. The predicted molar refractivity (Wildman–Crippen MR) is 89.2 cm³/mol. The number of nitrogens with zero attached hydrogens (tertiary/aromatic N) is 3. The molecule has 1 atom stereocenters. The fourth-order valence-electron chi connectivity index (χ4n) is 2.04. The minimum atomic E-state index is -0.222. The summed E-state index contributed by atoms with van der Waals surface area (Å²) in [4.78, 5) is 7.70. The van der Waals surface area contributed by atoms with E-state index in [-0.39, 0.29) is 11.5 Å². The Labute approximate surface area is 135 Å². The van der Waals surface area contributed by atoms with E-state index in [9.17, 15) is 5.26 Å². The third-order valence-electron chi connectivity index (χ3n) is 3.33. The standard InChI is InChI=1S/C16H22N4OS/c1-16(2,3)15-19-11(9-17)14(21-15)18-10-12(20(4)5)13-7-6-8-22-13/h6-8,12,18H,10H2,1-5H3/t12-/m1/s1. The summed E-state index contributed by atoms with van der Waals surface area (Å²) < 4.78 is 5.76. The molecule has 0 spiro atoms. The summed E-state index contributed by atoms with van der Waals surface area (Å²) in [5, 5.41) is 14.5. The zero-order valence-electron chi connectivity index (χ0n) is 13.7. The largest absolute Gasteiger partial charge is 0.423 e. The molecule has 0 radical (unpaired) electrons. The second-order valence-corrected chi connectivity index (χ2v) is 7.41. The molecule has 0 aliphatic rings. The molecule has 0 aromatic carbocycles. The van der Waals surface area contributed by atoms with E-state index in [2.05, 4.69) is 32.7 Å². The van der Waals surface area contributed by atoms with E-state index in [0.717, 1.165) is 0 Å². The number of thiophene rings is 1. The number of nitrogens with one attached hydrogen (secondary N) is 1. The van der Waals surface area contributed by atoms with Crippen LogP contribution in [0.25, 0.3) is 0 Å². The molecule has 0 fully saturated rings. The molecule has 5 nitrogen and oxygen atoms in total. The minimum absolute atomic E-state index is 0.217. The van der Waals surface area contributed by atoms with Crippen molar-refractivity contribution >= 4 is 17.2 Å². The van der Waals surface area contributed by atoms with Gasteiger partial charge < -0.3 is 14.6 Å². The molecule has 0 aliphatic carbocycles. The van der Waals surface area contributed by atoms with Crippen LogP contribution in [0.4, 0.5) is 5.88 Å². The van der Waals surface area contributed by atoms with E-state index < -0.39 is 0 Å². The molecule has 0 saturated heterocycles. The number of aromatic nitrogens is 1. The van der Waals surface area contributed by atoms with Gasteiger partial charge in [0.15, 0.2) is 0 Å². The summed E-state index contributed by atoms with van der Waals surface area (Å²) in [7, 11) is 4.08. The van der Waals surface area contributed by atoms with E-state index in [1.807, 2.05) is 40.9 Å². The zero-order valence-corrected chi connectivity index (χ0v) is 14.5. The molecule has 2 heterocycles. The van der Waals surface area contributed by atoms with Crippen LogP contribution >= 0.6 is 11.3 Å². The first-order chi connectivity index (χ1) is 10.3. The maximum Gasteiger partial charge on any atom is 0.232 e. The monoisotopic (exact) mass is 318 g/mol. The van der Waals surface area contributed by atoms with Crippen molar-refractivity contribution in [2.75, 3.05) is 26.0 Å². The molecule has 0 amide bonds. The van der Waals surface area contributed by atoms with Gasteiger partial charge in [0.25, 0.3) is 0 Å². The van der Waals surface area contributed by atoms with Crippen LogP contribution < -0.4 is 5.32 Å². The molecule has 2 aromatic heterocycles. The number of likely N-dealkylation sites (N-methyl/N-ethyl adjacent to an activating group) is 1. The van der Waals surface area contributed by atoms with Gasteiger partial charge in [0, 0.05) is 16.8 Å². The van der Waals surface area contributed by atoms with Crippen molar-refractivity contribution in [3.63, 3.8) is 0 Å². The highest BCUT2D eigenvalue weighted by molar-refractivity contribution is 7.10. The molecule has 2 rings (SSSR count). The summed E-state index contributed by atoms with van der Waals surface area (Å²) in [6.45, 7) is 6.69. The number of rotatable bonds is 5. The average molecular weight is 318 g/mol. The van der Waals surface area contributed by atoms with Crippen molar-refractivity contribution in [2.24, 2.45) is 0 Å². The molecule has 118 valence electrons. The third-order valence-corrected chi connectivity index (χ3v) is 4.30. The van der Waals surface area contributed by atoms with Crippen molar-refractivity contribution in [1.82, 2.24) is 9.88 Å². The average Bonchev–Trinajstić information content (AvgIpc) is 3.06. The molecule has 0 bridgehead atoms. The van der Waals surface area contributed by atoms with Gasteiger partial charge in [-0.25, -0.2) is 0 Å². The normalized spacial score (nSPS) is 13.1. The van der Waals surface area contributed by atoms with Crippen molar-refractivity contribution in [3.8, 4) is 6.07 Å². The van der Waals surface area contributed by atoms with Gasteiger partial charge in [-0.3, -0.25) is 0 Å². The Bertz CT molecular complexity index is 647. The Balaban J connectivity index is 2.17. The van der Waals surface area contributed by atoms with Gasteiger partial charge in [0.2, 0.25) is 17.5 Å². The number of hydrogen-bond donors (Lipinski definition) is 1. The highest BCUT2D eigenvalue weighted by Gasteiger charge is 2.24. The quantitative estimate of drug-likeness (QED) is 0.912. The summed E-state index contributed by atoms with van der Waals surface area (Å²) >= 11 is 1.72. The molecule has 0 saturated carbocycles. The number of nitriles is 1. The van der Waals surface area contributed by atoms with Crippen LogP contribution in [0.3, 0.4) is 0 Å². The van der Waals surface area contributed by atoms with Gasteiger partial charge >= 0.3 is 0 Å². The topological polar surface area (TPSA) is 65.1 Å². The molecule has 2 aromatic rings. The lowest BCUT2D eigenvalue weighted by Crippen LogP contribution is -2.26.